The number of carbonyl (C=O) groups excluding carboxylic acids is 1. The van der Waals surface area contributed by atoms with Crippen molar-refractivity contribution < 1.29 is 18.3 Å². The predicted molar refractivity (Wildman–Crippen MR) is 78.2 cm³/mol. The van der Waals surface area contributed by atoms with Crippen molar-refractivity contribution >= 4 is 15.7 Å². The maximum atomic E-state index is 11.9. The highest BCUT2D eigenvalue weighted by Crippen LogP contribution is 2.08. The Morgan fingerprint density at radius 3 is 2.40 bits per heavy atom. The van der Waals surface area contributed by atoms with Gasteiger partial charge in [-0.2, -0.15) is 0 Å². The van der Waals surface area contributed by atoms with Crippen molar-refractivity contribution in [3.63, 3.8) is 0 Å². The maximum absolute atomic E-state index is 11.9. The van der Waals surface area contributed by atoms with E-state index < -0.39 is 9.84 Å². The van der Waals surface area contributed by atoms with Crippen LogP contribution < -0.4 is 5.32 Å². The average Bonchev–Trinajstić information content (AvgIpc) is 2.35. The molecule has 112 valence electrons. The summed E-state index contributed by atoms with van der Waals surface area (Å²) in [5.41, 5.74) is 1.16. The van der Waals surface area contributed by atoms with E-state index in [1.54, 1.807) is 24.3 Å². The first-order valence-electron chi connectivity index (χ1n) is 6.50. The summed E-state index contributed by atoms with van der Waals surface area (Å²) >= 11 is 0. The number of hydrogen-bond acceptors (Lipinski definition) is 4. The van der Waals surface area contributed by atoms with Gasteiger partial charge in [0.2, 0.25) is 0 Å². The Kier molecular flexibility index (Phi) is 6.16. The van der Waals surface area contributed by atoms with Crippen LogP contribution in [0.25, 0.3) is 0 Å². The van der Waals surface area contributed by atoms with Gasteiger partial charge in [0, 0.05) is 24.5 Å². The summed E-state index contributed by atoms with van der Waals surface area (Å²) < 4.78 is 22.3. The third-order valence-electron chi connectivity index (χ3n) is 2.82. The molecule has 0 saturated heterocycles. The zero-order valence-corrected chi connectivity index (χ0v) is 12.6. The zero-order chi connectivity index (χ0) is 15.2. The number of amides is 1. The smallest absolute Gasteiger partial charge is 0.251 e. The molecule has 1 aromatic carbocycles. The Balaban J connectivity index is 2.61. The molecule has 0 heterocycles. The highest BCUT2D eigenvalue weighted by molar-refractivity contribution is 7.89. The van der Waals surface area contributed by atoms with E-state index in [1.165, 1.54) is 6.26 Å². The Morgan fingerprint density at radius 1 is 1.30 bits per heavy atom. The minimum absolute atomic E-state index is 0.00894. The summed E-state index contributed by atoms with van der Waals surface area (Å²) in [6, 6.07) is 6.52. The maximum Gasteiger partial charge on any atom is 0.251 e. The molecule has 0 aliphatic rings. The standard InChI is InChI=1S/C14H21NO4S/c1-11(4-3-9-16)15-14(17)13-7-5-12(6-8-13)10-20(2,18)19/h5-8,11,16H,3-4,9-10H2,1-2H3,(H,15,17). The molecule has 1 unspecified atom stereocenters. The van der Waals surface area contributed by atoms with Gasteiger partial charge in [-0.1, -0.05) is 12.1 Å². The first kappa shape index (κ1) is 16.7. The molecule has 0 aromatic heterocycles. The van der Waals surface area contributed by atoms with Crippen molar-refractivity contribution in [2.75, 3.05) is 12.9 Å². The molecule has 0 aliphatic heterocycles. The van der Waals surface area contributed by atoms with E-state index in [1.807, 2.05) is 6.92 Å². The van der Waals surface area contributed by atoms with Gasteiger partial charge in [0.05, 0.1) is 5.75 Å². The van der Waals surface area contributed by atoms with E-state index in [0.717, 1.165) is 0 Å². The molecule has 0 bridgehead atoms. The van der Waals surface area contributed by atoms with Crippen molar-refractivity contribution in [2.24, 2.45) is 0 Å². The number of hydrogen-bond donors (Lipinski definition) is 2. The van der Waals surface area contributed by atoms with Crippen LogP contribution in [0.5, 0.6) is 0 Å². The van der Waals surface area contributed by atoms with E-state index in [2.05, 4.69) is 5.32 Å². The van der Waals surface area contributed by atoms with Crippen LogP contribution in [0.3, 0.4) is 0 Å². The number of benzene rings is 1. The lowest BCUT2D eigenvalue weighted by atomic mass is 10.1. The fourth-order valence-electron chi connectivity index (χ4n) is 1.83. The van der Waals surface area contributed by atoms with Crippen LogP contribution in [0.15, 0.2) is 24.3 Å². The summed E-state index contributed by atoms with van der Waals surface area (Å²) in [5.74, 6) is -0.219. The molecule has 1 amide bonds. The Bertz CT molecular complexity index is 537. The summed E-state index contributed by atoms with van der Waals surface area (Å²) in [6.07, 6.45) is 2.54. The number of carbonyl (C=O) groups is 1. The third-order valence-corrected chi connectivity index (χ3v) is 3.68. The Morgan fingerprint density at radius 2 is 1.90 bits per heavy atom. The van der Waals surface area contributed by atoms with E-state index in [4.69, 9.17) is 5.11 Å². The largest absolute Gasteiger partial charge is 0.396 e. The van der Waals surface area contributed by atoms with Crippen molar-refractivity contribution in [2.45, 2.75) is 31.6 Å². The molecule has 6 heteroatoms. The average molecular weight is 299 g/mol. The van der Waals surface area contributed by atoms with Gasteiger partial charge < -0.3 is 10.4 Å². The molecule has 0 spiro atoms. The molecule has 1 rings (SSSR count). The quantitative estimate of drug-likeness (QED) is 0.790. The Hall–Kier alpha value is -1.40. The normalized spacial score (nSPS) is 12.9. The SMILES string of the molecule is CC(CCCO)NC(=O)c1ccc(CS(C)(=O)=O)cc1. The monoisotopic (exact) mass is 299 g/mol. The summed E-state index contributed by atoms with van der Waals surface area (Å²) in [6.45, 7) is 1.99. The van der Waals surface area contributed by atoms with Gasteiger partial charge in [-0.15, -0.1) is 0 Å². The molecule has 1 aromatic rings. The van der Waals surface area contributed by atoms with Crippen LogP contribution in [0.4, 0.5) is 0 Å². The molecule has 0 saturated carbocycles. The van der Waals surface area contributed by atoms with Crippen molar-refractivity contribution in [3.05, 3.63) is 35.4 Å². The van der Waals surface area contributed by atoms with Crippen molar-refractivity contribution in [1.82, 2.24) is 5.32 Å². The van der Waals surface area contributed by atoms with Gasteiger partial charge in [-0.25, -0.2) is 8.42 Å². The van der Waals surface area contributed by atoms with E-state index in [-0.39, 0.29) is 24.3 Å². The van der Waals surface area contributed by atoms with Gasteiger partial charge >= 0.3 is 0 Å². The molecular weight excluding hydrogens is 278 g/mol. The second kappa shape index (κ2) is 7.40. The van der Waals surface area contributed by atoms with Gasteiger partial charge in [0.1, 0.15) is 0 Å². The summed E-state index contributed by atoms with van der Waals surface area (Å²) in [4.78, 5) is 11.9. The molecule has 0 fully saturated rings. The molecular formula is C14H21NO4S. The molecule has 20 heavy (non-hydrogen) atoms. The zero-order valence-electron chi connectivity index (χ0n) is 11.8. The predicted octanol–water partition coefficient (Wildman–Crippen LogP) is 1.12. The highest BCUT2D eigenvalue weighted by Gasteiger charge is 2.10. The van der Waals surface area contributed by atoms with Crippen LogP contribution in [-0.2, 0) is 15.6 Å². The minimum Gasteiger partial charge on any atom is -0.396 e. The third kappa shape index (κ3) is 6.16. The number of aliphatic hydroxyl groups is 1. The summed E-state index contributed by atoms with van der Waals surface area (Å²) in [7, 11) is -3.06. The van der Waals surface area contributed by atoms with Gasteiger partial charge in [0.25, 0.3) is 5.91 Å². The molecule has 1 atom stereocenters. The molecule has 0 aliphatic carbocycles. The first-order chi connectivity index (χ1) is 9.31. The topological polar surface area (TPSA) is 83.5 Å². The van der Waals surface area contributed by atoms with Crippen LogP contribution in [0.2, 0.25) is 0 Å². The number of aliphatic hydroxyl groups excluding tert-OH is 1. The van der Waals surface area contributed by atoms with E-state index >= 15 is 0 Å². The van der Waals surface area contributed by atoms with E-state index in [9.17, 15) is 13.2 Å². The number of sulfone groups is 1. The minimum atomic E-state index is -3.06. The van der Waals surface area contributed by atoms with Crippen LogP contribution in [0.1, 0.15) is 35.7 Å². The van der Waals surface area contributed by atoms with Crippen molar-refractivity contribution in [3.8, 4) is 0 Å². The van der Waals surface area contributed by atoms with Crippen LogP contribution in [-0.4, -0.2) is 38.3 Å². The number of nitrogens with one attached hydrogen (secondary N) is 1. The lowest BCUT2D eigenvalue weighted by Gasteiger charge is -2.13. The molecule has 5 nitrogen and oxygen atoms in total. The van der Waals surface area contributed by atoms with Gasteiger partial charge in [-0.3, -0.25) is 4.79 Å². The second-order valence-corrected chi connectivity index (χ2v) is 7.15. The van der Waals surface area contributed by atoms with Crippen molar-refractivity contribution in [1.29, 1.82) is 0 Å². The highest BCUT2D eigenvalue weighted by atomic mass is 32.2. The molecule has 2 N–H and O–H groups in total. The second-order valence-electron chi connectivity index (χ2n) is 5.01. The van der Waals surface area contributed by atoms with Crippen LogP contribution >= 0.6 is 0 Å². The lowest BCUT2D eigenvalue weighted by Crippen LogP contribution is -2.32. The lowest BCUT2D eigenvalue weighted by molar-refractivity contribution is 0.0936. The summed E-state index contributed by atoms with van der Waals surface area (Å²) in [5, 5.41) is 11.6. The fraction of sp³-hybridized carbons (Fsp3) is 0.500. The van der Waals surface area contributed by atoms with Gasteiger partial charge in [-0.05, 0) is 37.5 Å². The van der Waals surface area contributed by atoms with E-state index in [0.29, 0.717) is 24.0 Å². The van der Waals surface area contributed by atoms with Gasteiger partial charge in [0.15, 0.2) is 9.84 Å². The fourth-order valence-corrected chi connectivity index (χ4v) is 2.63. The first-order valence-corrected chi connectivity index (χ1v) is 8.56. The molecule has 0 radical (unpaired) electrons. The van der Waals surface area contributed by atoms with Crippen LogP contribution in [0, 0.1) is 0 Å². The Labute approximate surface area is 119 Å². The number of rotatable bonds is 7.